The van der Waals surface area contributed by atoms with Crippen LogP contribution >= 0.6 is 0 Å². The van der Waals surface area contributed by atoms with E-state index in [-0.39, 0.29) is 76.8 Å². The van der Waals surface area contributed by atoms with Crippen molar-refractivity contribution >= 4 is 46.4 Å². The van der Waals surface area contributed by atoms with Gasteiger partial charge >= 0.3 is 23.3 Å². The number of anilines is 2. The van der Waals surface area contributed by atoms with E-state index in [4.69, 9.17) is 30.8 Å². The van der Waals surface area contributed by atoms with Crippen LogP contribution in [0.4, 0.5) is 31.7 Å². The third-order valence-electron chi connectivity index (χ3n) is 10.8. The van der Waals surface area contributed by atoms with Gasteiger partial charge in [-0.1, -0.05) is 0 Å². The van der Waals surface area contributed by atoms with E-state index in [0.717, 1.165) is 19.0 Å². The number of nitrogen functional groups attached to an aromatic ring is 2. The van der Waals surface area contributed by atoms with Gasteiger partial charge in [-0.05, 0) is 94.0 Å². The molecule has 5 aromatic rings. The molecule has 378 valence electrons. The average molecular weight is 983 g/mol. The van der Waals surface area contributed by atoms with Crippen LogP contribution < -0.4 is 11.5 Å². The number of ether oxygens (including phenoxy) is 4. The van der Waals surface area contributed by atoms with E-state index in [9.17, 15) is 48.2 Å². The van der Waals surface area contributed by atoms with Gasteiger partial charge in [-0.25, -0.2) is 18.1 Å². The molecule has 23 nitrogen and oxygen atoms in total. The lowest BCUT2D eigenvalue weighted by Crippen LogP contribution is -2.25. The summed E-state index contributed by atoms with van der Waals surface area (Å²) in [4.78, 5) is 64.8. The maximum atomic E-state index is 13.0. The number of aromatic nitrogens is 6. The molecular formula is C45H56F2N10O13. The highest BCUT2D eigenvalue weighted by molar-refractivity contribution is 5.84. The summed E-state index contributed by atoms with van der Waals surface area (Å²) in [6, 6.07) is 11.4. The fraction of sp³-hybridized carbons (Fsp3) is 0.444. The molecule has 0 bridgehead atoms. The number of nitrogens with two attached hydrogens (primary N) is 2. The van der Waals surface area contributed by atoms with E-state index in [1.54, 1.807) is 29.9 Å². The number of carbonyl (C=O) groups is 4. The molecule has 0 atom stereocenters. The third kappa shape index (κ3) is 17.9. The number of carboxylic acids is 1. The van der Waals surface area contributed by atoms with E-state index in [0.29, 0.717) is 94.7 Å². The molecular weight excluding hydrogens is 927 g/mol. The Balaban J connectivity index is 0.000000210. The highest BCUT2D eigenvalue weighted by Gasteiger charge is 2.28. The van der Waals surface area contributed by atoms with Gasteiger partial charge < -0.3 is 35.5 Å². The minimum atomic E-state index is -0.682. The van der Waals surface area contributed by atoms with Crippen LogP contribution in [0.3, 0.4) is 0 Å². The number of nitrogens with zero attached hydrogens (tertiary/aromatic N) is 7. The van der Waals surface area contributed by atoms with Crippen LogP contribution in [0.2, 0.25) is 0 Å². The second-order valence-electron chi connectivity index (χ2n) is 15.7. The molecule has 0 saturated carbocycles. The molecule has 0 aliphatic carbocycles. The van der Waals surface area contributed by atoms with E-state index < -0.39 is 21.6 Å². The number of Topliss-reactive ketones (excluding diaryl/α,β-unsaturated/α-hetero) is 2. The predicted octanol–water partition coefficient (Wildman–Crippen LogP) is 5.56. The minimum absolute atomic E-state index is 0.0139. The molecule has 8 rings (SSSR count). The molecule has 2 aromatic carbocycles. The number of H-pyrrole nitrogens is 1. The van der Waals surface area contributed by atoms with Crippen LogP contribution in [0.15, 0.2) is 67.1 Å². The lowest BCUT2D eigenvalue weighted by atomic mass is 9.92. The largest absolute Gasteiger partial charge is 0.481 e. The molecule has 3 aromatic heterocycles. The number of nitro groups is 2. The van der Waals surface area contributed by atoms with Crippen molar-refractivity contribution in [3.63, 3.8) is 0 Å². The van der Waals surface area contributed by atoms with Gasteiger partial charge in [-0.2, -0.15) is 15.3 Å². The molecule has 6 heterocycles. The summed E-state index contributed by atoms with van der Waals surface area (Å²) in [7, 11) is 0. The average Bonchev–Trinajstić information content (AvgIpc) is 4.09. The maximum Gasteiger partial charge on any atom is 0.330 e. The summed E-state index contributed by atoms with van der Waals surface area (Å²) in [6.07, 6.45) is 8.24. The van der Waals surface area contributed by atoms with E-state index in [1.165, 1.54) is 54.2 Å². The van der Waals surface area contributed by atoms with Crippen LogP contribution in [-0.4, -0.2) is 114 Å². The molecule has 0 radical (unpaired) electrons. The summed E-state index contributed by atoms with van der Waals surface area (Å²) in [5.74, 6) is -1.80. The maximum absolute atomic E-state index is 13.0. The molecule has 0 unspecified atom stereocenters. The molecule has 3 fully saturated rings. The minimum Gasteiger partial charge on any atom is -0.481 e. The Labute approximate surface area is 399 Å². The lowest BCUT2D eigenvalue weighted by molar-refractivity contribution is -0.385. The number of hydrogen-bond donors (Lipinski definition) is 4. The summed E-state index contributed by atoms with van der Waals surface area (Å²) < 4.78 is 48.7. The zero-order valence-electron chi connectivity index (χ0n) is 38.6. The summed E-state index contributed by atoms with van der Waals surface area (Å²) in [5.41, 5.74) is 13.0. The first-order valence-corrected chi connectivity index (χ1v) is 22.1. The molecule has 3 saturated heterocycles. The first-order valence-electron chi connectivity index (χ1n) is 22.1. The number of aliphatic carboxylic acids is 1. The first kappa shape index (κ1) is 55.1. The Morgan fingerprint density at radius 2 is 1.13 bits per heavy atom. The van der Waals surface area contributed by atoms with Crippen molar-refractivity contribution in [1.29, 1.82) is 0 Å². The molecule has 25 heteroatoms. The predicted molar refractivity (Wildman–Crippen MR) is 246 cm³/mol. The third-order valence-corrected chi connectivity index (χ3v) is 10.8. The van der Waals surface area contributed by atoms with Gasteiger partial charge in [0.05, 0.1) is 64.2 Å². The van der Waals surface area contributed by atoms with Crippen LogP contribution in [-0.2, 0) is 51.0 Å². The highest BCUT2D eigenvalue weighted by Crippen LogP contribution is 2.25. The van der Waals surface area contributed by atoms with Crippen molar-refractivity contribution in [3.05, 3.63) is 110 Å². The van der Waals surface area contributed by atoms with E-state index in [1.807, 2.05) is 0 Å². The van der Waals surface area contributed by atoms with Gasteiger partial charge in [-0.15, -0.1) is 0 Å². The second-order valence-corrected chi connectivity index (χ2v) is 15.7. The van der Waals surface area contributed by atoms with Crippen LogP contribution in [0.1, 0.15) is 63.8 Å². The smallest absolute Gasteiger partial charge is 0.330 e. The van der Waals surface area contributed by atoms with Gasteiger partial charge in [0, 0.05) is 58.4 Å². The number of esters is 1. The number of carbonyl (C=O) groups excluding carboxylic acids is 3. The van der Waals surface area contributed by atoms with Crippen molar-refractivity contribution < 1.29 is 61.9 Å². The van der Waals surface area contributed by atoms with Crippen molar-refractivity contribution in [2.75, 3.05) is 57.7 Å². The number of carboxylic acid groups (broad SMARTS) is 1. The number of ketones is 2. The Bertz CT molecular complexity index is 2480. The zero-order chi connectivity index (χ0) is 51.2. The summed E-state index contributed by atoms with van der Waals surface area (Å²) in [6.45, 7) is 7.20. The van der Waals surface area contributed by atoms with Crippen LogP contribution in [0.25, 0.3) is 11.4 Å². The van der Waals surface area contributed by atoms with Crippen molar-refractivity contribution in [1.82, 2.24) is 29.8 Å². The zero-order valence-corrected chi connectivity index (χ0v) is 38.6. The lowest BCUT2D eigenvalue weighted by Gasteiger charge is -2.20. The Morgan fingerprint density at radius 1 is 0.714 bits per heavy atom. The Hall–Kier alpha value is -7.51. The van der Waals surface area contributed by atoms with Crippen molar-refractivity contribution in [3.8, 4) is 11.4 Å². The molecule has 0 amide bonds. The van der Waals surface area contributed by atoms with Crippen molar-refractivity contribution in [2.24, 2.45) is 17.8 Å². The standard InChI is InChI=1S/C16H16FN3O4.C16H18FN3O2.C6H10O3.C4H8O2.C3H4N4O2/c17-12-1-3-13(4-2-12)19-10-15(20(22)23)14(18-19)9-16(21)11-5-7-24-8-6-11;17-12-1-3-13(4-2-12)20-10-14(18)15(19-20)9-16(21)11-5-7-22-8-6-11;7-6(8)5-1-3-9-4-2-5;1-3-6-4(2)5;4-3-2(7(8)9)1-5-6-3/h1-4,10-11H,5-9H2;1-4,10-11H,5-9,18H2;5H,1-4H2,(H,7,8);3H2,1-2H3;1H,(H3,4,5,6). The summed E-state index contributed by atoms with van der Waals surface area (Å²) in [5, 5.41) is 43.8. The Morgan fingerprint density at radius 3 is 1.47 bits per heavy atom. The highest BCUT2D eigenvalue weighted by atomic mass is 19.1. The van der Waals surface area contributed by atoms with Gasteiger partial charge in [0.1, 0.15) is 41.3 Å². The van der Waals surface area contributed by atoms with Gasteiger partial charge in [0.2, 0.25) is 0 Å². The van der Waals surface area contributed by atoms with E-state index >= 15 is 0 Å². The van der Waals surface area contributed by atoms with Gasteiger partial charge in [0.15, 0.2) is 5.82 Å². The van der Waals surface area contributed by atoms with Crippen LogP contribution in [0.5, 0.6) is 0 Å². The number of nitrogens with one attached hydrogen (secondary N) is 1. The van der Waals surface area contributed by atoms with Gasteiger partial charge in [-0.3, -0.25) is 44.5 Å². The number of aromatic amines is 1. The number of rotatable bonds is 12. The normalized spacial score (nSPS) is 14.9. The number of benzene rings is 2. The molecule has 3 aliphatic heterocycles. The summed E-state index contributed by atoms with van der Waals surface area (Å²) >= 11 is 0. The Kier molecular flexibility index (Phi) is 22.1. The fourth-order valence-corrected chi connectivity index (χ4v) is 6.93. The van der Waals surface area contributed by atoms with Crippen molar-refractivity contribution in [2.45, 2.75) is 65.2 Å². The SMILES string of the molecule is CCOC(C)=O.Nc1[nH]ncc1[N+](=O)[O-].Nc1cn(-c2ccc(F)cc2)nc1CC(=O)C1CCOCC1.O=C(Cc1nn(-c2ccc(F)cc2)cc1[N+](=O)[O-])C1CCOCC1.O=C(O)C1CCOCC1. The molecule has 70 heavy (non-hydrogen) atoms. The van der Waals surface area contributed by atoms with Gasteiger partial charge in [0.25, 0.3) is 0 Å². The quantitative estimate of drug-likeness (QED) is 0.0675. The van der Waals surface area contributed by atoms with E-state index in [2.05, 4.69) is 25.1 Å². The van der Waals surface area contributed by atoms with Crippen LogP contribution in [0, 0.1) is 49.6 Å². The fourth-order valence-electron chi connectivity index (χ4n) is 6.93. The monoisotopic (exact) mass is 982 g/mol. The number of hydrogen-bond acceptors (Lipinski definition) is 17. The molecule has 3 aliphatic rings. The first-order chi connectivity index (χ1) is 33.5. The molecule has 0 spiro atoms. The molecule has 6 N–H and O–H groups in total. The second kappa shape index (κ2) is 28.1. The topological polar surface area (TPSA) is 328 Å². The number of halogens is 2.